The van der Waals surface area contributed by atoms with Crippen LogP contribution in [0.15, 0.2) is 42.5 Å². The van der Waals surface area contributed by atoms with E-state index < -0.39 is 14.5 Å². The molecule has 0 saturated carbocycles. The highest BCUT2D eigenvalue weighted by Crippen LogP contribution is 2.16. The van der Waals surface area contributed by atoms with E-state index in [9.17, 15) is 4.79 Å². The fourth-order valence-corrected chi connectivity index (χ4v) is 2.66. The standard InChI is InChI=1S/C15H22O4Si/c1-5-20(4,19-12-17-15(16)13(2)3)18-11-14-9-7-6-8-10-14/h6-10H,2,5,11-12H2,1,3-4H3. The molecule has 0 amide bonds. The first-order chi connectivity index (χ1) is 9.47. The molecule has 0 aliphatic rings. The lowest BCUT2D eigenvalue weighted by Gasteiger charge is -2.25. The van der Waals surface area contributed by atoms with Crippen LogP contribution in [0, 0.1) is 0 Å². The lowest BCUT2D eigenvalue weighted by Crippen LogP contribution is -2.38. The molecule has 0 aromatic heterocycles. The van der Waals surface area contributed by atoms with Crippen LogP contribution in [0.4, 0.5) is 0 Å². The molecule has 1 aromatic carbocycles. The lowest BCUT2D eigenvalue weighted by atomic mass is 10.2. The minimum absolute atomic E-state index is 0.0863. The van der Waals surface area contributed by atoms with Crippen molar-refractivity contribution in [1.82, 2.24) is 0 Å². The highest BCUT2D eigenvalue weighted by atomic mass is 28.4. The molecule has 0 bridgehead atoms. The van der Waals surface area contributed by atoms with Gasteiger partial charge in [0.05, 0.1) is 6.61 Å². The zero-order valence-corrected chi connectivity index (χ0v) is 13.3. The first-order valence-electron chi connectivity index (χ1n) is 6.61. The van der Waals surface area contributed by atoms with Crippen LogP contribution in [0.2, 0.25) is 12.6 Å². The fourth-order valence-electron chi connectivity index (χ4n) is 1.39. The molecule has 0 saturated heterocycles. The molecule has 20 heavy (non-hydrogen) atoms. The Kier molecular flexibility index (Phi) is 6.64. The summed E-state index contributed by atoms with van der Waals surface area (Å²) >= 11 is 0. The average molecular weight is 294 g/mol. The van der Waals surface area contributed by atoms with Crippen molar-refractivity contribution in [3.63, 3.8) is 0 Å². The van der Waals surface area contributed by atoms with E-state index in [0.29, 0.717) is 12.2 Å². The van der Waals surface area contributed by atoms with Crippen LogP contribution in [0.25, 0.3) is 0 Å². The summed E-state index contributed by atoms with van der Waals surface area (Å²) in [5.74, 6) is -0.444. The van der Waals surface area contributed by atoms with E-state index in [1.165, 1.54) is 0 Å². The maximum absolute atomic E-state index is 11.3. The van der Waals surface area contributed by atoms with Gasteiger partial charge in [-0.15, -0.1) is 0 Å². The molecule has 1 aromatic rings. The van der Waals surface area contributed by atoms with Gasteiger partial charge in [0.2, 0.25) is 0 Å². The maximum atomic E-state index is 11.3. The number of carbonyl (C=O) groups excluding carboxylic acids is 1. The average Bonchev–Trinajstić information content (AvgIpc) is 2.46. The Morgan fingerprint density at radius 2 is 1.90 bits per heavy atom. The molecule has 4 nitrogen and oxygen atoms in total. The largest absolute Gasteiger partial charge is 0.436 e. The molecule has 0 radical (unpaired) electrons. The monoisotopic (exact) mass is 294 g/mol. The van der Waals surface area contributed by atoms with Gasteiger partial charge in [0.25, 0.3) is 0 Å². The van der Waals surface area contributed by atoms with E-state index in [-0.39, 0.29) is 6.79 Å². The SMILES string of the molecule is C=C(C)C(=O)OCO[Si](C)(CC)OCc1ccccc1. The van der Waals surface area contributed by atoms with E-state index in [0.717, 1.165) is 11.6 Å². The summed E-state index contributed by atoms with van der Waals surface area (Å²) in [6.07, 6.45) is 0. The molecule has 0 N–H and O–H groups in total. The Hall–Kier alpha value is -1.43. The van der Waals surface area contributed by atoms with Crippen molar-refractivity contribution in [2.24, 2.45) is 0 Å². The van der Waals surface area contributed by atoms with Gasteiger partial charge in [-0.3, -0.25) is 0 Å². The second kappa shape index (κ2) is 7.99. The van der Waals surface area contributed by atoms with E-state index in [1.54, 1.807) is 6.92 Å². The van der Waals surface area contributed by atoms with Crippen LogP contribution in [-0.4, -0.2) is 21.3 Å². The van der Waals surface area contributed by atoms with E-state index in [4.69, 9.17) is 13.6 Å². The van der Waals surface area contributed by atoms with Crippen molar-refractivity contribution in [3.8, 4) is 0 Å². The summed E-state index contributed by atoms with van der Waals surface area (Å²) in [6.45, 7) is 9.51. The first kappa shape index (κ1) is 16.6. The van der Waals surface area contributed by atoms with Crippen molar-refractivity contribution in [2.45, 2.75) is 33.0 Å². The lowest BCUT2D eigenvalue weighted by molar-refractivity contribution is -0.146. The Morgan fingerprint density at radius 3 is 2.45 bits per heavy atom. The molecule has 110 valence electrons. The highest BCUT2D eigenvalue weighted by Gasteiger charge is 2.29. The smallest absolute Gasteiger partial charge is 0.337 e. The van der Waals surface area contributed by atoms with Crippen LogP contribution in [0.3, 0.4) is 0 Å². The van der Waals surface area contributed by atoms with Crippen molar-refractivity contribution in [1.29, 1.82) is 0 Å². The third-order valence-electron chi connectivity index (χ3n) is 2.93. The van der Waals surface area contributed by atoms with Crippen molar-refractivity contribution < 1.29 is 18.4 Å². The number of rotatable bonds is 8. The third kappa shape index (κ3) is 5.69. The number of benzene rings is 1. The van der Waals surface area contributed by atoms with Gasteiger partial charge in [-0.2, -0.15) is 0 Å². The predicted octanol–water partition coefficient (Wildman–Crippen LogP) is 3.39. The summed E-state index contributed by atoms with van der Waals surface area (Å²) in [6, 6.07) is 10.7. The number of ether oxygens (including phenoxy) is 1. The predicted molar refractivity (Wildman–Crippen MR) is 80.2 cm³/mol. The molecular formula is C15H22O4Si. The highest BCUT2D eigenvalue weighted by molar-refractivity contribution is 6.65. The second-order valence-corrected chi connectivity index (χ2v) is 8.29. The van der Waals surface area contributed by atoms with Crippen LogP contribution < -0.4 is 0 Å². The Labute approximate surface area is 121 Å². The fraction of sp³-hybridized carbons (Fsp3) is 0.400. The summed E-state index contributed by atoms with van der Waals surface area (Å²) in [5, 5.41) is 0. The van der Waals surface area contributed by atoms with Gasteiger partial charge < -0.3 is 13.6 Å². The number of carbonyl (C=O) groups is 1. The molecule has 0 fully saturated rings. The zero-order valence-electron chi connectivity index (χ0n) is 12.3. The summed E-state index contributed by atoms with van der Waals surface area (Å²) in [7, 11) is -2.31. The number of hydrogen-bond donors (Lipinski definition) is 0. The van der Waals surface area contributed by atoms with Crippen molar-refractivity contribution in [3.05, 3.63) is 48.0 Å². The number of esters is 1. The topological polar surface area (TPSA) is 44.8 Å². The summed E-state index contributed by atoms with van der Waals surface area (Å²) in [5.41, 5.74) is 1.46. The van der Waals surface area contributed by atoms with Crippen LogP contribution >= 0.6 is 0 Å². The summed E-state index contributed by atoms with van der Waals surface area (Å²) in [4.78, 5) is 11.3. The normalized spacial score (nSPS) is 13.6. The molecule has 1 atom stereocenters. The molecule has 0 heterocycles. The van der Waals surface area contributed by atoms with Gasteiger partial charge in [0, 0.05) is 5.57 Å². The van der Waals surface area contributed by atoms with Crippen LogP contribution in [0.5, 0.6) is 0 Å². The maximum Gasteiger partial charge on any atom is 0.337 e. The zero-order chi connectivity index (χ0) is 15.0. The Balaban J connectivity index is 2.42. The van der Waals surface area contributed by atoms with E-state index >= 15 is 0 Å². The van der Waals surface area contributed by atoms with Gasteiger partial charge in [-0.1, -0.05) is 43.8 Å². The molecule has 0 aliphatic carbocycles. The van der Waals surface area contributed by atoms with Gasteiger partial charge in [-0.05, 0) is 25.1 Å². The molecular weight excluding hydrogens is 272 g/mol. The Morgan fingerprint density at radius 1 is 1.25 bits per heavy atom. The van der Waals surface area contributed by atoms with Gasteiger partial charge >= 0.3 is 14.5 Å². The van der Waals surface area contributed by atoms with Crippen LogP contribution in [-0.2, 0) is 25.0 Å². The quantitative estimate of drug-likeness (QED) is 0.319. The van der Waals surface area contributed by atoms with Gasteiger partial charge in [0.15, 0.2) is 6.79 Å². The van der Waals surface area contributed by atoms with E-state index in [2.05, 4.69) is 6.58 Å². The van der Waals surface area contributed by atoms with Crippen molar-refractivity contribution in [2.75, 3.05) is 6.79 Å². The third-order valence-corrected chi connectivity index (χ3v) is 5.70. The number of hydrogen-bond acceptors (Lipinski definition) is 4. The second-order valence-electron chi connectivity index (χ2n) is 4.74. The first-order valence-corrected chi connectivity index (χ1v) is 9.13. The molecule has 1 unspecified atom stereocenters. The van der Waals surface area contributed by atoms with Crippen molar-refractivity contribution >= 4 is 14.5 Å². The minimum Gasteiger partial charge on any atom is -0.436 e. The molecule has 0 aliphatic heterocycles. The van der Waals surface area contributed by atoms with Crippen LogP contribution in [0.1, 0.15) is 19.4 Å². The van der Waals surface area contributed by atoms with Gasteiger partial charge in [-0.25, -0.2) is 4.79 Å². The summed E-state index contributed by atoms with van der Waals surface area (Å²) < 4.78 is 16.5. The van der Waals surface area contributed by atoms with E-state index in [1.807, 2.05) is 43.8 Å². The molecule has 5 heteroatoms. The van der Waals surface area contributed by atoms with Gasteiger partial charge in [0.1, 0.15) is 0 Å². The molecule has 1 rings (SSSR count). The molecule has 0 spiro atoms. The minimum atomic E-state index is -2.31. The Bertz CT molecular complexity index is 446.